The van der Waals surface area contributed by atoms with E-state index in [0.717, 1.165) is 77.0 Å². The molecule has 0 saturated heterocycles. The molecule has 5 aliphatic rings. The van der Waals surface area contributed by atoms with Gasteiger partial charge in [0.15, 0.2) is 5.41 Å². The van der Waals surface area contributed by atoms with Crippen LogP contribution < -0.4 is 0 Å². The Morgan fingerprint density at radius 1 is 0.444 bits per heavy atom. The molecule has 0 bridgehead atoms. The first-order valence-electron chi connectivity index (χ1n) is 18.3. The Bertz CT molecular complexity index is 911. The summed E-state index contributed by atoms with van der Waals surface area (Å²) in [5.74, 6) is -1.02. The highest BCUT2D eigenvalue weighted by molar-refractivity contribution is 5.83. The second kappa shape index (κ2) is 14.7. The molecule has 45 heavy (non-hydrogen) atoms. The minimum atomic E-state index is -5.37. The number of Topliss-reactive ketones (excluding diaryl/α,β-unsaturated/α-hetero) is 1. The zero-order chi connectivity index (χ0) is 32.4. The van der Waals surface area contributed by atoms with Gasteiger partial charge < -0.3 is 9.47 Å². The molecule has 0 amide bonds. The summed E-state index contributed by atoms with van der Waals surface area (Å²) in [6, 6.07) is 0. The van der Waals surface area contributed by atoms with Crippen LogP contribution in [0.25, 0.3) is 0 Å². The number of halogens is 6. The molecule has 0 spiro atoms. The largest absolute Gasteiger partial charge is 0.403 e. The Labute approximate surface area is 266 Å². The van der Waals surface area contributed by atoms with Crippen molar-refractivity contribution in [2.45, 2.75) is 179 Å². The molecule has 0 atom stereocenters. The maximum atomic E-state index is 14.9. The van der Waals surface area contributed by atoms with E-state index in [1.54, 1.807) is 0 Å². The molecule has 5 saturated carbocycles. The summed E-state index contributed by atoms with van der Waals surface area (Å²) >= 11 is 0. The maximum absolute atomic E-state index is 14.9. The van der Waals surface area contributed by atoms with Crippen LogP contribution >= 0.6 is 0 Å². The topological polar surface area (TPSA) is 35.5 Å². The number of hydrogen-bond acceptors (Lipinski definition) is 3. The Balaban J connectivity index is 1.14. The first-order valence-corrected chi connectivity index (χ1v) is 18.3. The molecule has 0 N–H and O–H groups in total. The van der Waals surface area contributed by atoms with E-state index >= 15 is 0 Å². The van der Waals surface area contributed by atoms with Gasteiger partial charge in [0, 0.05) is 11.8 Å². The summed E-state index contributed by atoms with van der Waals surface area (Å²) in [7, 11) is 0. The number of ketones is 1. The molecule has 5 fully saturated rings. The van der Waals surface area contributed by atoms with E-state index in [2.05, 4.69) is 13.8 Å². The van der Waals surface area contributed by atoms with Crippen molar-refractivity contribution in [3.05, 3.63) is 0 Å². The predicted octanol–water partition coefficient (Wildman–Crippen LogP) is 10.8. The fourth-order valence-corrected chi connectivity index (χ4v) is 10.00. The van der Waals surface area contributed by atoms with E-state index in [9.17, 15) is 31.1 Å². The Hall–Kier alpha value is -0.830. The molecule has 0 heterocycles. The molecule has 9 heteroatoms. The summed E-state index contributed by atoms with van der Waals surface area (Å²) in [5.41, 5.74) is -3.69. The zero-order valence-corrected chi connectivity index (χ0v) is 27.4. The summed E-state index contributed by atoms with van der Waals surface area (Å²) in [5, 5.41) is 0. The van der Waals surface area contributed by atoms with Crippen LogP contribution in [0.2, 0.25) is 0 Å². The SMILES string of the molecule is CC1CCC(OC2CCC(C(C3CCC(OC4CCC(C(=O)C5CCC(C)CC5)CC4)CC3)(C(F)(F)F)C(F)(F)F)CC2)CC1. The van der Waals surface area contributed by atoms with Crippen LogP contribution in [-0.2, 0) is 14.3 Å². The third-order valence-electron chi connectivity index (χ3n) is 12.8. The molecular weight excluding hydrogens is 594 g/mol. The third kappa shape index (κ3) is 8.08. The van der Waals surface area contributed by atoms with Gasteiger partial charge in [-0.25, -0.2) is 0 Å². The summed E-state index contributed by atoms with van der Waals surface area (Å²) in [4.78, 5) is 13.1. The lowest BCUT2D eigenvalue weighted by atomic mass is 9.57. The molecule has 0 aromatic rings. The smallest absolute Gasteiger partial charge is 0.375 e. The van der Waals surface area contributed by atoms with Gasteiger partial charge in [0.05, 0.1) is 24.4 Å². The van der Waals surface area contributed by atoms with Crippen molar-refractivity contribution >= 4 is 5.78 Å². The Kier molecular flexibility index (Phi) is 11.6. The van der Waals surface area contributed by atoms with Crippen LogP contribution in [0.4, 0.5) is 26.3 Å². The lowest BCUT2D eigenvalue weighted by Gasteiger charge is -2.51. The Morgan fingerprint density at radius 2 is 0.711 bits per heavy atom. The fraction of sp³-hybridized carbons (Fsp3) is 0.972. The lowest BCUT2D eigenvalue weighted by molar-refractivity contribution is -0.383. The number of alkyl halides is 6. The van der Waals surface area contributed by atoms with E-state index < -0.39 is 29.6 Å². The second-order valence-corrected chi connectivity index (χ2v) is 15.8. The zero-order valence-electron chi connectivity index (χ0n) is 27.4. The number of ether oxygens (including phenoxy) is 2. The summed E-state index contributed by atoms with van der Waals surface area (Å²) in [6.45, 7) is 4.43. The van der Waals surface area contributed by atoms with E-state index in [1.165, 1.54) is 0 Å². The second-order valence-electron chi connectivity index (χ2n) is 15.8. The van der Waals surface area contributed by atoms with E-state index in [4.69, 9.17) is 9.47 Å². The fourth-order valence-electron chi connectivity index (χ4n) is 10.00. The highest BCUT2D eigenvalue weighted by Gasteiger charge is 2.76. The monoisotopic (exact) mass is 650 g/mol. The van der Waals surface area contributed by atoms with Gasteiger partial charge in [0.2, 0.25) is 0 Å². The van der Waals surface area contributed by atoms with Crippen LogP contribution in [0.1, 0.15) is 142 Å². The average Bonchev–Trinajstić information content (AvgIpc) is 2.99. The van der Waals surface area contributed by atoms with Gasteiger partial charge in [-0.1, -0.05) is 26.7 Å². The van der Waals surface area contributed by atoms with Crippen molar-refractivity contribution in [3.8, 4) is 0 Å². The van der Waals surface area contributed by atoms with E-state index in [1.807, 2.05) is 0 Å². The number of hydrogen-bond donors (Lipinski definition) is 0. The highest BCUT2D eigenvalue weighted by Crippen LogP contribution is 2.65. The molecular formula is C36H56F6O3. The maximum Gasteiger partial charge on any atom is 0.403 e. The average molecular weight is 651 g/mol. The molecule has 0 aliphatic heterocycles. The lowest BCUT2D eigenvalue weighted by Crippen LogP contribution is -2.61. The first-order chi connectivity index (χ1) is 21.3. The van der Waals surface area contributed by atoms with Crippen LogP contribution in [0.15, 0.2) is 0 Å². The van der Waals surface area contributed by atoms with Crippen LogP contribution in [0.3, 0.4) is 0 Å². The molecule has 3 nitrogen and oxygen atoms in total. The minimum Gasteiger partial charge on any atom is -0.375 e. The van der Waals surface area contributed by atoms with Gasteiger partial charge in [0.25, 0.3) is 0 Å². The van der Waals surface area contributed by atoms with Crippen molar-refractivity contribution in [2.75, 3.05) is 0 Å². The van der Waals surface area contributed by atoms with Gasteiger partial charge in [-0.05, 0) is 139 Å². The summed E-state index contributed by atoms with van der Waals surface area (Å²) < 4.78 is 102. The molecule has 5 rings (SSSR count). The highest BCUT2D eigenvalue weighted by atomic mass is 19.4. The molecule has 0 radical (unpaired) electrons. The molecule has 260 valence electrons. The molecule has 0 unspecified atom stereocenters. The minimum absolute atomic E-state index is 0.0602. The normalized spacial score (nSPS) is 39.4. The molecule has 5 aliphatic carbocycles. The van der Waals surface area contributed by atoms with Gasteiger partial charge in [0.1, 0.15) is 5.78 Å². The predicted molar refractivity (Wildman–Crippen MR) is 161 cm³/mol. The standard InChI is InChI=1S/C36H56F6O3/c1-23-3-7-25(8-4-23)33(43)26-9-17-30(18-10-26)45-32-21-13-28(14-22-32)34(35(37,38)39,36(40,41)42)27-11-19-31(20-12-27)44-29-15-5-24(2)6-16-29/h23-32H,3-22H2,1-2H3. The molecule has 0 aromatic heterocycles. The van der Waals surface area contributed by atoms with Crippen molar-refractivity contribution in [3.63, 3.8) is 0 Å². The van der Waals surface area contributed by atoms with Crippen molar-refractivity contribution in [1.29, 1.82) is 0 Å². The van der Waals surface area contributed by atoms with Gasteiger partial charge in [-0.15, -0.1) is 0 Å². The van der Waals surface area contributed by atoms with Gasteiger partial charge in [-0.3, -0.25) is 4.79 Å². The van der Waals surface area contributed by atoms with E-state index in [0.29, 0.717) is 17.6 Å². The Morgan fingerprint density at radius 3 is 1.04 bits per heavy atom. The quantitative estimate of drug-likeness (QED) is 0.245. The van der Waals surface area contributed by atoms with Crippen molar-refractivity contribution in [1.82, 2.24) is 0 Å². The van der Waals surface area contributed by atoms with Gasteiger partial charge in [-0.2, -0.15) is 26.3 Å². The van der Waals surface area contributed by atoms with Crippen molar-refractivity contribution in [2.24, 2.45) is 40.9 Å². The van der Waals surface area contributed by atoms with Gasteiger partial charge >= 0.3 is 12.4 Å². The number of carbonyl (C=O) groups is 1. The third-order valence-corrected chi connectivity index (χ3v) is 12.8. The summed E-state index contributed by atoms with van der Waals surface area (Å²) in [6.07, 6.45) is 0.289. The number of rotatable bonds is 8. The van der Waals surface area contributed by atoms with Crippen molar-refractivity contribution < 1.29 is 40.6 Å². The van der Waals surface area contributed by atoms with Crippen LogP contribution in [0, 0.1) is 40.9 Å². The number of carbonyl (C=O) groups excluding carboxylic acids is 1. The molecule has 0 aromatic carbocycles. The van der Waals surface area contributed by atoms with E-state index in [-0.39, 0.29) is 87.6 Å². The van der Waals surface area contributed by atoms with Crippen LogP contribution in [-0.4, -0.2) is 42.6 Å². The van der Waals surface area contributed by atoms with Crippen LogP contribution in [0.5, 0.6) is 0 Å². The first kappa shape index (κ1) is 35.5.